The Morgan fingerprint density at radius 1 is 1.12 bits per heavy atom. The molecule has 1 aromatic heterocycles. The standard InChI is InChI=1S/C12H14N4O/c1-7-8(2)15-11-6-9(16-12(17)13-3)4-5-10(11)14-7/h4-6H,1-3H3,(H2,13,16,17). The first-order valence-corrected chi connectivity index (χ1v) is 5.34. The molecular formula is C12H14N4O. The number of amides is 2. The maximum atomic E-state index is 11.2. The average Bonchev–Trinajstić information content (AvgIpc) is 2.31. The van der Waals surface area contributed by atoms with E-state index in [0.29, 0.717) is 5.69 Å². The summed E-state index contributed by atoms with van der Waals surface area (Å²) >= 11 is 0. The first-order valence-electron chi connectivity index (χ1n) is 5.34. The van der Waals surface area contributed by atoms with E-state index < -0.39 is 0 Å². The second-order valence-corrected chi connectivity index (χ2v) is 3.80. The highest BCUT2D eigenvalue weighted by molar-refractivity contribution is 5.91. The van der Waals surface area contributed by atoms with Gasteiger partial charge in [0.1, 0.15) is 0 Å². The predicted octanol–water partition coefficient (Wildman–Crippen LogP) is 2.00. The quantitative estimate of drug-likeness (QED) is 0.787. The van der Waals surface area contributed by atoms with Crippen molar-refractivity contribution >= 4 is 22.8 Å². The Balaban J connectivity index is 2.43. The van der Waals surface area contributed by atoms with Crippen LogP contribution in [0.3, 0.4) is 0 Å². The van der Waals surface area contributed by atoms with Gasteiger partial charge in [0.15, 0.2) is 0 Å². The first kappa shape index (κ1) is 11.3. The summed E-state index contributed by atoms with van der Waals surface area (Å²) in [5.74, 6) is 0. The first-order chi connectivity index (χ1) is 8.10. The molecule has 5 heteroatoms. The van der Waals surface area contributed by atoms with Crippen molar-refractivity contribution in [2.75, 3.05) is 12.4 Å². The molecule has 17 heavy (non-hydrogen) atoms. The van der Waals surface area contributed by atoms with E-state index in [-0.39, 0.29) is 6.03 Å². The number of hydrogen-bond acceptors (Lipinski definition) is 3. The fraction of sp³-hybridized carbons (Fsp3) is 0.250. The molecule has 2 aromatic rings. The van der Waals surface area contributed by atoms with Gasteiger partial charge in [-0.05, 0) is 32.0 Å². The van der Waals surface area contributed by atoms with Gasteiger partial charge in [-0.1, -0.05) is 0 Å². The zero-order valence-corrected chi connectivity index (χ0v) is 10.0. The van der Waals surface area contributed by atoms with Crippen LogP contribution in [-0.4, -0.2) is 23.0 Å². The molecule has 0 unspecified atom stereocenters. The third-order valence-electron chi connectivity index (χ3n) is 2.56. The van der Waals surface area contributed by atoms with Gasteiger partial charge in [-0.15, -0.1) is 0 Å². The summed E-state index contributed by atoms with van der Waals surface area (Å²) in [6, 6.07) is 5.21. The van der Waals surface area contributed by atoms with Crippen LogP contribution in [0.5, 0.6) is 0 Å². The predicted molar refractivity (Wildman–Crippen MR) is 67.1 cm³/mol. The Morgan fingerprint density at radius 3 is 2.41 bits per heavy atom. The van der Waals surface area contributed by atoms with Crippen LogP contribution in [-0.2, 0) is 0 Å². The molecule has 5 nitrogen and oxygen atoms in total. The largest absolute Gasteiger partial charge is 0.341 e. The zero-order valence-electron chi connectivity index (χ0n) is 10.0. The van der Waals surface area contributed by atoms with Crippen LogP contribution < -0.4 is 10.6 Å². The number of anilines is 1. The van der Waals surface area contributed by atoms with Crippen molar-refractivity contribution in [1.29, 1.82) is 0 Å². The number of aromatic nitrogens is 2. The minimum absolute atomic E-state index is 0.249. The van der Waals surface area contributed by atoms with Crippen LogP contribution in [0, 0.1) is 13.8 Å². The number of hydrogen-bond donors (Lipinski definition) is 2. The third kappa shape index (κ3) is 2.33. The molecule has 1 heterocycles. The van der Waals surface area contributed by atoms with Crippen LogP contribution in [0.25, 0.3) is 11.0 Å². The molecule has 1 aromatic carbocycles. The molecule has 88 valence electrons. The number of fused-ring (bicyclic) bond motifs is 1. The molecule has 0 saturated heterocycles. The Hall–Kier alpha value is -2.17. The second-order valence-electron chi connectivity index (χ2n) is 3.80. The number of rotatable bonds is 1. The summed E-state index contributed by atoms with van der Waals surface area (Å²) in [6.07, 6.45) is 0. The monoisotopic (exact) mass is 230 g/mol. The van der Waals surface area contributed by atoms with Gasteiger partial charge in [-0.25, -0.2) is 14.8 Å². The lowest BCUT2D eigenvalue weighted by Crippen LogP contribution is -2.24. The Morgan fingerprint density at radius 2 is 1.76 bits per heavy atom. The fourth-order valence-electron chi connectivity index (χ4n) is 1.50. The molecule has 2 amide bonds. The van der Waals surface area contributed by atoms with Crippen molar-refractivity contribution in [2.24, 2.45) is 0 Å². The second kappa shape index (κ2) is 4.37. The summed E-state index contributed by atoms with van der Waals surface area (Å²) in [4.78, 5) is 20.0. The highest BCUT2D eigenvalue weighted by Gasteiger charge is 2.04. The summed E-state index contributed by atoms with van der Waals surface area (Å²) < 4.78 is 0. The molecule has 0 saturated carbocycles. The molecule has 2 rings (SSSR count). The molecule has 0 fully saturated rings. The summed E-state index contributed by atoms with van der Waals surface area (Å²) in [7, 11) is 1.57. The molecule has 0 spiro atoms. The lowest BCUT2D eigenvalue weighted by atomic mass is 10.2. The maximum Gasteiger partial charge on any atom is 0.318 e. The van der Waals surface area contributed by atoms with E-state index in [1.165, 1.54) is 0 Å². The molecule has 0 atom stereocenters. The van der Waals surface area contributed by atoms with Crippen molar-refractivity contribution in [1.82, 2.24) is 15.3 Å². The van der Waals surface area contributed by atoms with Crippen molar-refractivity contribution in [3.05, 3.63) is 29.6 Å². The Kier molecular flexibility index (Phi) is 2.91. The number of nitrogens with zero attached hydrogens (tertiary/aromatic N) is 2. The fourth-order valence-corrected chi connectivity index (χ4v) is 1.50. The molecular weight excluding hydrogens is 216 g/mol. The number of benzene rings is 1. The van der Waals surface area contributed by atoms with Crippen molar-refractivity contribution in [3.63, 3.8) is 0 Å². The van der Waals surface area contributed by atoms with E-state index in [4.69, 9.17) is 0 Å². The summed E-state index contributed by atoms with van der Waals surface area (Å²) in [6.45, 7) is 3.85. The molecule has 0 aliphatic carbocycles. The maximum absolute atomic E-state index is 11.2. The normalized spacial score (nSPS) is 10.3. The van der Waals surface area contributed by atoms with Crippen LogP contribution in [0.4, 0.5) is 10.5 Å². The van der Waals surface area contributed by atoms with Gasteiger partial charge in [0, 0.05) is 12.7 Å². The van der Waals surface area contributed by atoms with Gasteiger partial charge in [0.25, 0.3) is 0 Å². The molecule has 0 bridgehead atoms. The van der Waals surface area contributed by atoms with Gasteiger partial charge >= 0.3 is 6.03 Å². The Labute approximate surface area is 99.3 Å². The molecule has 2 N–H and O–H groups in total. The minimum Gasteiger partial charge on any atom is -0.341 e. The smallest absolute Gasteiger partial charge is 0.318 e. The van der Waals surface area contributed by atoms with Crippen molar-refractivity contribution in [3.8, 4) is 0 Å². The van der Waals surface area contributed by atoms with Crippen LogP contribution in [0.1, 0.15) is 11.4 Å². The third-order valence-corrected chi connectivity index (χ3v) is 2.56. The van der Waals surface area contributed by atoms with Gasteiger partial charge in [-0.3, -0.25) is 0 Å². The van der Waals surface area contributed by atoms with Crippen LogP contribution in [0.15, 0.2) is 18.2 Å². The van der Waals surface area contributed by atoms with Crippen LogP contribution >= 0.6 is 0 Å². The van der Waals surface area contributed by atoms with Crippen molar-refractivity contribution in [2.45, 2.75) is 13.8 Å². The van der Waals surface area contributed by atoms with Gasteiger partial charge < -0.3 is 10.6 Å². The van der Waals surface area contributed by atoms with E-state index in [0.717, 1.165) is 22.4 Å². The lowest BCUT2D eigenvalue weighted by Gasteiger charge is -2.06. The number of nitrogens with one attached hydrogen (secondary N) is 2. The van der Waals surface area contributed by atoms with E-state index >= 15 is 0 Å². The molecule has 0 aliphatic heterocycles. The van der Waals surface area contributed by atoms with E-state index in [9.17, 15) is 4.79 Å². The molecule has 0 radical (unpaired) electrons. The highest BCUT2D eigenvalue weighted by Crippen LogP contribution is 2.17. The van der Waals surface area contributed by atoms with E-state index in [2.05, 4.69) is 20.6 Å². The SMILES string of the molecule is CNC(=O)Nc1ccc2nc(C)c(C)nc2c1. The van der Waals surface area contributed by atoms with Gasteiger partial charge in [0.2, 0.25) is 0 Å². The number of aryl methyl sites for hydroxylation is 2. The van der Waals surface area contributed by atoms with Gasteiger partial charge in [0.05, 0.1) is 22.4 Å². The summed E-state index contributed by atoms with van der Waals surface area (Å²) in [5, 5.41) is 5.20. The highest BCUT2D eigenvalue weighted by atomic mass is 16.2. The average molecular weight is 230 g/mol. The van der Waals surface area contributed by atoms with Crippen LogP contribution in [0.2, 0.25) is 0 Å². The summed E-state index contributed by atoms with van der Waals surface area (Å²) in [5.41, 5.74) is 4.13. The van der Waals surface area contributed by atoms with E-state index in [1.807, 2.05) is 26.0 Å². The topological polar surface area (TPSA) is 66.9 Å². The number of carbonyl (C=O) groups is 1. The zero-order chi connectivity index (χ0) is 12.4. The number of urea groups is 1. The Bertz CT molecular complexity index is 580. The molecule has 0 aliphatic rings. The van der Waals surface area contributed by atoms with E-state index in [1.54, 1.807) is 13.1 Å². The lowest BCUT2D eigenvalue weighted by molar-refractivity contribution is 0.254. The van der Waals surface area contributed by atoms with Gasteiger partial charge in [-0.2, -0.15) is 0 Å². The number of carbonyl (C=O) groups excluding carboxylic acids is 1. The minimum atomic E-state index is -0.249. The van der Waals surface area contributed by atoms with Crippen molar-refractivity contribution < 1.29 is 4.79 Å².